The lowest BCUT2D eigenvalue weighted by Gasteiger charge is -2.14. The fourth-order valence-electron chi connectivity index (χ4n) is 1.78. The molecule has 0 saturated carbocycles. The Morgan fingerprint density at radius 2 is 2.17 bits per heavy atom. The van der Waals surface area contributed by atoms with E-state index in [-0.39, 0.29) is 11.8 Å². The van der Waals surface area contributed by atoms with E-state index in [0.29, 0.717) is 11.4 Å². The van der Waals surface area contributed by atoms with Crippen molar-refractivity contribution in [3.8, 4) is 11.6 Å². The van der Waals surface area contributed by atoms with Gasteiger partial charge >= 0.3 is 0 Å². The van der Waals surface area contributed by atoms with Gasteiger partial charge in [0.1, 0.15) is 0 Å². The van der Waals surface area contributed by atoms with Gasteiger partial charge in [-0.25, -0.2) is 9.07 Å². The molecule has 5 heteroatoms. The zero-order chi connectivity index (χ0) is 13.3. The SMILES string of the molecule is Cc1cc(Oc2c(F)cccc2C(C)N)n(C)n1. The Bertz CT molecular complexity index is 563. The van der Waals surface area contributed by atoms with Crippen molar-refractivity contribution >= 4 is 0 Å². The molecule has 0 saturated heterocycles. The molecule has 2 rings (SSSR count). The first-order valence-corrected chi connectivity index (χ1v) is 5.71. The molecular formula is C13H16FN3O. The zero-order valence-corrected chi connectivity index (χ0v) is 10.6. The van der Waals surface area contributed by atoms with Crippen molar-refractivity contribution in [1.82, 2.24) is 9.78 Å². The first-order valence-electron chi connectivity index (χ1n) is 5.71. The average Bonchev–Trinajstić information content (AvgIpc) is 2.60. The number of benzene rings is 1. The van der Waals surface area contributed by atoms with E-state index >= 15 is 0 Å². The molecule has 0 aliphatic heterocycles. The summed E-state index contributed by atoms with van der Waals surface area (Å²) in [5, 5.41) is 4.15. The Labute approximate surface area is 105 Å². The van der Waals surface area contributed by atoms with Crippen LogP contribution in [-0.2, 0) is 7.05 Å². The second-order valence-corrected chi connectivity index (χ2v) is 4.30. The largest absolute Gasteiger partial charge is 0.436 e. The van der Waals surface area contributed by atoms with Crippen molar-refractivity contribution in [2.75, 3.05) is 0 Å². The molecule has 1 aromatic carbocycles. The number of aromatic nitrogens is 2. The van der Waals surface area contributed by atoms with Crippen LogP contribution in [0.1, 0.15) is 24.2 Å². The van der Waals surface area contributed by atoms with Crippen molar-refractivity contribution in [3.05, 3.63) is 41.3 Å². The van der Waals surface area contributed by atoms with E-state index in [9.17, 15) is 4.39 Å². The Morgan fingerprint density at radius 1 is 1.44 bits per heavy atom. The maximum absolute atomic E-state index is 13.8. The zero-order valence-electron chi connectivity index (χ0n) is 10.6. The molecule has 0 spiro atoms. The number of nitrogens with zero attached hydrogens (tertiary/aromatic N) is 2. The molecule has 1 aromatic heterocycles. The maximum atomic E-state index is 13.8. The van der Waals surface area contributed by atoms with Gasteiger partial charge < -0.3 is 10.5 Å². The van der Waals surface area contributed by atoms with Gasteiger partial charge in [-0.2, -0.15) is 5.10 Å². The van der Waals surface area contributed by atoms with Crippen LogP contribution in [0.5, 0.6) is 11.6 Å². The molecule has 18 heavy (non-hydrogen) atoms. The third kappa shape index (κ3) is 2.36. The van der Waals surface area contributed by atoms with Crippen molar-refractivity contribution in [2.45, 2.75) is 19.9 Å². The summed E-state index contributed by atoms with van der Waals surface area (Å²) in [4.78, 5) is 0. The lowest BCUT2D eigenvalue weighted by atomic mass is 10.1. The first-order chi connectivity index (χ1) is 8.49. The molecule has 1 unspecified atom stereocenters. The minimum atomic E-state index is -0.427. The molecule has 0 aliphatic rings. The molecule has 0 fully saturated rings. The van der Waals surface area contributed by atoms with E-state index in [1.807, 2.05) is 6.92 Å². The van der Waals surface area contributed by atoms with Gasteiger partial charge in [-0.15, -0.1) is 0 Å². The van der Waals surface area contributed by atoms with Crippen molar-refractivity contribution < 1.29 is 9.13 Å². The highest BCUT2D eigenvalue weighted by Crippen LogP contribution is 2.31. The van der Waals surface area contributed by atoms with Crippen molar-refractivity contribution in [1.29, 1.82) is 0 Å². The molecule has 1 heterocycles. The number of halogens is 1. The van der Waals surface area contributed by atoms with Gasteiger partial charge in [0.05, 0.1) is 5.69 Å². The van der Waals surface area contributed by atoms with Crippen LogP contribution >= 0.6 is 0 Å². The smallest absolute Gasteiger partial charge is 0.217 e. The standard InChI is InChI=1S/C13H16FN3O/c1-8-7-12(17(3)16-8)18-13-10(9(2)15)5-4-6-11(13)14/h4-7,9H,15H2,1-3H3. The van der Waals surface area contributed by atoms with Crippen LogP contribution in [0.15, 0.2) is 24.3 Å². The van der Waals surface area contributed by atoms with Gasteiger partial charge in [0.15, 0.2) is 11.6 Å². The predicted octanol–water partition coefficient (Wildman–Crippen LogP) is 2.68. The average molecular weight is 249 g/mol. The molecule has 2 aromatic rings. The Morgan fingerprint density at radius 3 is 2.72 bits per heavy atom. The number of hydrogen-bond donors (Lipinski definition) is 1. The summed E-state index contributed by atoms with van der Waals surface area (Å²) < 4.78 is 21.0. The summed E-state index contributed by atoms with van der Waals surface area (Å²) in [6, 6.07) is 6.17. The second-order valence-electron chi connectivity index (χ2n) is 4.30. The van der Waals surface area contributed by atoms with Gasteiger partial charge in [-0.05, 0) is 19.9 Å². The number of para-hydroxylation sites is 1. The van der Waals surface area contributed by atoms with Crippen LogP contribution in [0.2, 0.25) is 0 Å². The van der Waals surface area contributed by atoms with E-state index in [4.69, 9.17) is 10.5 Å². The minimum Gasteiger partial charge on any atom is -0.436 e. The molecule has 4 nitrogen and oxygen atoms in total. The molecule has 0 bridgehead atoms. The Balaban J connectivity index is 2.42. The molecule has 96 valence electrons. The van der Waals surface area contributed by atoms with E-state index in [1.54, 1.807) is 36.9 Å². The predicted molar refractivity (Wildman–Crippen MR) is 67.0 cm³/mol. The number of ether oxygens (including phenoxy) is 1. The summed E-state index contributed by atoms with van der Waals surface area (Å²) in [6.07, 6.45) is 0. The lowest BCUT2D eigenvalue weighted by Crippen LogP contribution is -2.08. The molecule has 1 atom stereocenters. The van der Waals surface area contributed by atoms with Crippen LogP contribution in [0, 0.1) is 12.7 Å². The maximum Gasteiger partial charge on any atom is 0.217 e. The first kappa shape index (κ1) is 12.6. The lowest BCUT2D eigenvalue weighted by molar-refractivity contribution is 0.396. The highest BCUT2D eigenvalue weighted by Gasteiger charge is 2.15. The number of rotatable bonds is 3. The van der Waals surface area contributed by atoms with Gasteiger partial charge in [-0.3, -0.25) is 0 Å². The van der Waals surface area contributed by atoms with E-state index < -0.39 is 5.82 Å². The highest BCUT2D eigenvalue weighted by molar-refractivity contribution is 5.39. The molecule has 0 amide bonds. The van der Waals surface area contributed by atoms with E-state index in [2.05, 4.69) is 5.10 Å². The van der Waals surface area contributed by atoms with Gasteiger partial charge in [0.25, 0.3) is 0 Å². The van der Waals surface area contributed by atoms with E-state index in [0.717, 1.165) is 5.69 Å². The summed E-state index contributed by atoms with van der Waals surface area (Å²) in [5.74, 6) is 0.221. The fraction of sp³-hybridized carbons (Fsp3) is 0.308. The summed E-state index contributed by atoms with van der Waals surface area (Å²) in [6.45, 7) is 3.64. The van der Waals surface area contributed by atoms with Gasteiger partial charge in [-0.1, -0.05) is 12.1 Å². The van der Waals surface area contributed by atoms with Crippen molar-refractivity contribution in [2.24, 2.45) is 12.8 Å². The molecular weight excluding hydrogens is 233 g/mol. The number of aryl methyl sites for hydroxylation is 2. The van der Waals surface area contributed by atoms with E-state index in [1.165, 1.54) is 6.07 Å². The molecule has 0 aliphatic carbocycles. The quantitative estimate of drug-likeness (QED) is 0.909. The van der Waals surface area contributed by atoms with Gasteiger partial charge in [0, 0.05) is 24.7 Å². The monoisotopic (exact) mass is 249 g/mol. The number of hydrogen-bond acceptors (Lipinski definition) is 3. The summed E-state index contributed by atoms with van der Waals surface area (Å²) in [5.41, 5.74) is 7.26. The number of nitrogens with two attached hydrogens (primary N) is 1. The Hall–Kier alpha value is -1.88. The molecule has 0 radical (unpaired) electrons. The highest BCUT2D eigenvalue weighted by atomic mass is 19.1. The minimum absolute atomic E-state index is 0.163. The van der Waals surface area contributed by atoms with Gasteiger partial charge in [0.2, 0.25) is 5.88 Å². The van der Waals surface area contributed by atoms with Crippen LogP contribution in [0.25, 0.3) is 0 Å². The third-order valence-electron chi connectivity index (χ3n) is 2.65. The van der Waals surface area contributed by atoms with Crippen LogP contribution in [-0.4, -0.2) is 9.78 Å². The van der Waals surface area contributed by atoms with Crippen molar-refractivity contribution in [3.63, 3.8) is 0 Å². The fourth-order valence-corrected chi connectivity index (χ4v) is 1.78. The van der Waals surface area contributed by atoms with Crippen LogP contribution in [0.4, 0.5) is 4.39 Å². The topological polar surface area (TPSA) is 53.1 Å². The summed E-state index contributed by atoms with van der Waals surface area (Å²) in [7, 11) is 1.74. The third-order valence-corrected chi connectivity index (χ3v) is 2.65. The molecule has 2 N–H and O–H groups in total. The second kappa shape index (κ2) is 4.78. The van der Waals surface area contributed by atoms with Crippen LogP contribution < -0.4 is 10.5 Å². The Kier molecular flexibility index (Phi) is 3.34. The van der Waals surface area contributed by atoms with Crippen LogP contribution in [0.3, 0.4) is 0 Å². The summed E-state index contributed by atoms with van der Waals surface area (Å²) >= 11 is 0. The normalized spacial score (nSPS) is 12.5.